The summed E-state index contributed by atoms with van der Waals surface area (Å²) >= 11 is 1.46. The summed E-state index contributed by atoms with van der Waals surface area (Å²) in [6, 6.07) is 11.2. The molecule has 2 aromatic rings. The van der Waals surface area contributed by atoms with E-state index < -0.39 is 0 Å². The van der Waals surface area contributed by atoms with Crippen molar-refractivity contribution >= 4 is 17.1 Å². The van der Waals surface area contributed by atoms with Gasteiger partial charge in [-0.15, -0.1) is 11.3 Å². The van der Waals surface area contributed by atoms with E-state index in [0.717, 1.165) is 16.9 Å². The summed E-state index contributed by atoms with van der Waals surface area (Å²) in [7, 11) is 0. The van der Waals surface area contributed by atoms with Crippen molar-refractivity contribution in [3.05, 3.63) is 57.8 Å². The first-order chi connectivity index (χ1) is 9.34. The number of hydrogen-bond donors (Lipinski definition) is 0. The molecule has 0 N–H and O–H groups in total. The number of ketones is 1. The smallest absolute Gasteiger partial charge is 0.202 e. The highest BCUT2D eigenvalue weighted by molar-refractivity contribution is 7.12. The van der Waals surface area contributed by atoms with Crippen LogP contribution >= 0.6 is 11.3 Å². The topological polar surface area (TPSA) is 35.5 Å². The molecule has 1 aromatic carbocycles. The van der Waals surface area contributed by atoms with Gasteiger partial charge in [-0.1, -0.05) is 24.3 Å². The largest absolute Gasteiger partial charge is 0.348 e. The second-order valence-electron chi connectivity index (χ2n) is 4.36. The number of carbonyl (C=O) groups excluding carboxylic acids is 1. The molecule has 3 rings (SSSR count). The zero-order valence-corrected chi connectivity index (χ0v) is 11.2. The fourth-order valence-corrected chi connectivity index (χ4v) is 2.74. The van der Waals surface area contributed by atoms with E-state index in [0.29, 0.717) is 18.8 Å². The molecule has 1 aromatic heterocycles. The van der Waals surface area contributed by atoms with Crippen LogP contribution in [0.2, 0.25) is 0 Å². The molecule has 4 heteroatoms. The highest BCUT2D eigenvalue weighted by Crippen LogP contribution is 2.24. The van der Waals surface area contributed by atoms with Crippen molar-refractivity contribution in [2.24, 2.45) is 0 Å². The maximum Gasteiger partial charge on any atom is 0.202 e. The van der Waals surface area contributed by atoms with E-state index in [1.807, 2.05) is 41.8 Å². The standard InChI is InChI=1S/C15H14O3S/c16-14(13-6-2-9-19-13)11-4-1-5-12(10-11)15-17-7-3-8-18-15/h1-2,4-6,9-10,15H,3,7-8H2. The van der Waals surface area contributed by atoms with E-state index >= 15 is 0 Å². The molecule has 1 aliphatic rings. The SMILES string of the molecule is O=C(c1cccc(C2OCCCO2)c1)c1cccs1. The van der Waals surface area contributed by atoms with Crippen LogP contribution < -0.4 is 0 Å². The Morgan fingerprint density at radius 1 is 1.16 bits per heavy atom. The summed E-state index contributed by atoms with van der Waals surface area (Å²) in [6.07, 6.45) is 0.578. The number of hydrogen-bond acceptors (Lipinski definition) is 4. The highest BCUT2D eigenvalue weighted by Gasteiger charge is 2.18. The Kier molecular flexibility index (Phi) is 3.73. The number of carbonyl (C=O) groups is 1. The Hall–Kier alpha value is -1.49. The van der Waals surface area contributed by atoms with Crippen LogP contribution in [0.4, 0.5) is 0 Å². The van der Waals surface area contributed by atoms with Gasteiger partial charge in [0.05, 0.1) is 18.1 Å². The lowest BCUT2D eigenvalue weighted by atomic mass is 10.1. The van der Waals surface area contributed by atoms with E-state index in [4.69, 9.17) is 9.47 Å². The van der Waals surface area contributed by atoms with Crippen LogP contribution in [-0.2, 0) is 9.47 Å². The third kappa shape index (κ3) is 2.76. The summed E-state index contributed by atoms with van der Waals surface area (Å²) < 4.78 is 11.1. The van der Waals surface area contributed by atoms with E-state index in [1.165, 1.54) is 11.3 Å². The van der Waals surface area contributed by atoms with Crippen molar-refractivity contribution in [3.63, 3.8) is 0 Å². The molecule has 1 aliphatic heterocycles. The molecule has 1 fully saturated rings. The summed E-state index contributed by atoms with van der Waals surface area (Å²) in [6.45, 7) is 1.40. The van der Waals surface area contributed by atoms with Crippen LogP contribution in [0, 0.1) is 0 Å². The minimum atomic E-state index is -0.343. The average molecular weight is 274 g/mol. The maximum atomic E-state index is 12.3. The molecule has 0 radical (unpaired) electrons. The molecule has 0 atom stereocenters. The molecule has 1 saturated heterocycles. The monoisotopic (exact) mass is 274 g/mol. The van der Waals surface area contributed by atoms with Gasteiger partial charge in [-0.3, -0.25) is 4.79 Å². The number of ether oxygens (including phenoxy) is 2. The van der Waals surface area contributed by atoms with Gasteiger partial charge in [-0.25, -0.2) is 0 Å². The van der Waals surface area contributed by atoms with Crippen molar-refractivity contribution < 1.29 is 14.3 Å². The van der Waals surface area contributed by atoms with Gasteiger partial charge in [0.2, 0.25) is 5.78 Å². The number of rotatable bonds is 3. The highest BCUT2D eigenvalue weighted by atomic mass is 32.1. The third-order valence-electron chi connectivity index (χ3n) is 2.99. The van der Waals surface area contributed by atoms with Gasteiger partial charge in [0.1, 0.15) is 0 Å². The van der Waals surface area contributed by atoms with Gasteiger partial charge < -0.3 is 9.47 Å². The van der Waals surface area contributed by atoms with E-state index in [-0.39, 0.29) is 12.1 Å². The van der Waals surface area contributed by atoms with Gasteiger partial charge in [-0.05, 0) is 23.9 Å². The Labute approximate surface area is 115 Å². The lowest BCUT2D eigenvalue weighted by Crippen LogP contribution is -2.18. The first-order valence-electron chi connectivity index (χ1n) is 6.26. The first kappa shape index (κ1) is 12.5. The average Bonchev–Trinajstić information content (AvgIpc) is 3.02. The van der Waals surface area contributed by atoms with Gasteiger partial charge >= 0.3 is 0 Å². The van der Waals surface area contributed by atoms with Crippen LogP contribution in [0.5, 0.6) is 0 Å². The quantitative estimate of drug-likeness (QED) is 0.805. The molecule has 0 aliphatic carbocycles. The Bertz CT molecular complexity index is 557. The molecule has 2 heterocycles. The van der Waals surface area contributed by atoms with Crippen LogP contribution in [0.1, 0.15) is 33.5 Å². The molecule has 98 valence electrons. The van der Waals surface area contributed by atoms with Crippen molar-refractivity contribution in [1.29, 1.82) is 0 Å². The fourth-order valence-electron chi connectivity index (χ4n) is 2.06. The molecular weight excluding hydrogens is 260 g/mol. The van der Waals surface area contributed by atoms with Crippen molar-refractivity contribution in [3.8, 4) is 0 Å². The number of thiophene rings is 1. The van der Waals surface area contributed by atoms with E-state index in [2.05, 4.69) is 0 Å². The summed E-state index contributed by atoms with van der Waals surface area (Å²) in [5.41, 5.74) is 1.58. The van der Waals surface area contributed by atoms with E-state index in [9.17, 15) is 4.79 Å². The zero-order chi connectivity index (χ0) is 13.1. The fraction of sp³-hybridized carbons (Fsp3) is 0.267. The molecule has 0 unspecified atom stereocenters. The predicted octanol–water partition coefficient (Wildman–Crippen LogP) is 3.41. The van der Waals surface area contributed by atoms with Crippen molar-refractivity contribution in [2.75, 3.05) is 13.2 Å². The lowest BCUT2D eigenvalue weighted by molar-refractivity contribution is -0.183. The van der Waals surface area contributed by atoms with Crippen molar-refractivity contribution in [1.82, 2.24) is 0 Å². The van der Waals surface area contributed by atoms with Gasteiger partial charge in [0.25, 0.3) is 0 Å². The van der Waals surface area contributed by atoms with Gasteiger partial charge in [0.15, 0.2) is 6.29 Å². The summed E-state index contributed by atoms with van der Waals surface area (Å²) in [4.78, 5) is 13.0. The van der Waals surface area contributed by atoms with Crippen LogP contribution in [0.25, 0.3) is 0 Å². The Balaban J connectivity index is 1.85. The molecule has 19 heavy (non-hydrogen) atoms. The first-order valence-corrected chi connectivity index (χ1v) is 7.14. The normalized spacial score (nSPS) is 16.4. The zero-order valence-electron chi connectivity index (χ0n) is 10.4. The van der Waals surface area contributed by atoms with Gasteiger partial charge in [0, 0.05) is 11.1 Å². The van der Waals surface area contributed by atoms with Crippen LogP contribution in [0.15, 0.2) is 41.8 Å². The second-order valence-corrected chi connectivity index (χ2v) is 5.31. The molecular formula is C15H14O3S. The minimum absolute atomic E-state index is 0.0488. The number of benzene rings is 1. The maximum absolute atomic E-state index is 12.3. The second kappa shape index (κ2) is 5.65. The Morgan fingerprint density at radius 3 is 2.74 bits per heavy atom. The minimum Gasteiger partial charge on any atom is -0.348 e. The van der Waals surface area contributed by atoms with Crippen molar-refractivity contribution in [2.45, 2.75) is 12.7 Å². The summed E-state index contributed by atoms with van der Waals surface area (Å²) in [5.74, 6) is 0.0488. The lowest BCUT2D eigenvalue weighted by Gasteiger charge is -2.23. The van der Waals surface area contributed by atoms with Gasteiger partial charge in [-0.2, -0.15) is 0 Å². The molecule has 3 nitrogen and oxygen atoms in total. The molecule has 0 amide bonds. The predicted molar refractivity (Wildman–Crippen MR) is 73.5 cm³/mol. The summed E-state index contributed by atoms with van der Waals surface area (Å²) in [5, 5.41) is 1.91. The molecule has 0 saturated carbocycles. The molecule has 0 bridgehead atoms. The third-order valence-corrected chi connectivity index (χ3v) is 3.86. The molecule has 0 spiro atoms. The van der Waals surface area contributed by atoms with Crippen LogP contribution in [-0.4, -0.2) is 19.0 Å². The van der Waals surface area contributed by atoms with E-state index in [1.54, 1.807) is 0 Å². The van der Waals surface area contributed by atoms with Crippen LogP contribution in [0.3, 0.4) is 0 Å². The Morgan fingerprint density at radius 2 is 2.00 bits per heavy atom.